The minimum Gasteiger partial charge on any atom is -0.255 e. The topological polar surface area (TPSA) is 12.9 Å². The maximum absolute atomic E-state index is 4.45. The predicted octanol–water partition coefficient (Wildman–Crippen LogP) is 4.60. The molecule has 1 heterocycles. The lowest BCUT2D eigenvalue weighted by Gasteiger charge is -2.22. The molecule has 1 aromatic heterocycles. The van der Waals surface area contributed by atoms with Gasteiger partial charge in [0, 0.05) is 16.1 Å². The molecule has 2 heteroatoms. The molecule has 0 aliphatic heterocycles. The van der Waals surface area contributed by atoms with Crippen molar-refractivity contribution in [3.63, 3.8) is 0 Å². The van der Waals surface area contributed by atoms with Crippen LogP contribution >= 0.6 is 15.9 Å². The first-order chi connectivity index (χ1) is 7.39. The SMILES string of the molecule is Cc1ccc2ncc(Br)c(C(C)(C)C)c2c1. The Balaban J connectivity index is 2.88. The molecule has 0 spiro atoms. The van der Waals surface area contributed by atoms with Crippen molar-refractivity contribution in [2.45, 2.75) is 33.1 Å². The second kappa shape index (κ2) is 3.85. The molecule has 2 rings (SSSR count). The van der Waals surface area contributed by atoms with Gasteiger partial charge in [0.2, 0.25) is 0 Å². The Bertz CT molecular complexity index is 533. The summed E-state index contributed by atoms with van der Waals surface area (Å²) < 4.78 is 1.10. The zero-order valence-corrected chi connectivity index (χ0v) is 11.7. The highest BCUT2D eigenvalue weighted by molar-refractivity contribution is 9.10. The average molecular weight is 278 g/mol. The van der Waals surface area contributed by atoms with Gasteiger partial charge in [-0.25, -0.2) is 0 Å². The van der Waals surface area contributed by atoms with Crippen LogP contribution in [0.3, 0.4) is 0 Å². The van der Waals surface area contributed by atoms with Crippen molar-refractivity contribution < 1.29 is 0 Å². The number of pyridine rings is 1. The van der Waals surface area contributed by atoms with Crippen LogP contribution in [0.1, 0.15) is 31.9 Å². The molecule has 0 saturated carbocycles. The first kappa shape index (κ1) is 11.6. The standard InChI is InChI=1S/C14H16BrN/c1-9-5-6-12-10(7-9)13(14(2,3)4)11(15)8-16-12/h5-8H,1-4H3. The molecule has 0 bridgehead atoms. The van der Waals surface area contributed by atoms with Gasteiger partial charge in [-0.05, 0) is 46.0 Å². The van der Waals surface area contributed by atoms with Crippen molar-refractivity contribution in [1.82, 2.24) is 4.98 Å². The van der Waals surface area contributed by atoms with Gasteiger partial charge in [-0.15, -0.1) is 0 Å². The lowest BCUT2D eigenvalue weighted by atomic mass is 9.84. The summed E-state index contributed by atoms with van der Waals surface area (Å²) in [5.74, 6) is 0. The summed E-state index contributed by atoms with van der Waals surface area (Å²) in [6, 6.07) is 6.41. The lowest BCUT2D eigenvalue weighted by molar-refractivity contribution is 0.592. The van der Waals surface area contributed by atoms with E-state index in [9.17, 15) is 0 Å². The highest BCUT2D eigenvalue weighted by Gasteiger charge is 2.20. The minimum absolute atomic E-state index is 0.119. The Hall–Kier alpha value is -0.890. The molecular weight excluding hydrogens is 262 g/mol. The number of hydrogen-bond acceptors (Lipinski definition) is 1. The first-order valence-corrected chi connectivity index (χ1v) is 6.24. The van der Waals surface area contributed by atoms with Crippen LogP contribution in [0.5, 0.6) is 0 Å². The summed E-state index contributed by atoms with van der Waals surface area (Å²) in [5, 5.41) is 1.25. The molecule has 0 saturated heterocycles. The summed E-state index contributed by atoms with van der Waals surface area (Å²) >= 11 is 3.62. The number of benzene rings is 1. The van der Waals surface area contributed by atoms with Crippen molar-refractivity contribution >= 4 is 26.8 Å². The molecule has 0 aliphatic carbocycles. The van der Waals surface area contributed by atoms with Crippen LogP contribution in [-0.2, 0) is 5.41 Å². The van der Waals surface area contributed by atoms with E-state index in [2.05, 4.69) is 66.8 Å². The molecule has 1 aromatic carbocycles. The Kier molecular flexibility index (Phi) is 2.79. The van der Waals surface area contributed by atoms with E-state index < -0.39 is 0 Å². The fraction of sp³-hybridized carbons (Fsp3) is 0.357. The average Bonchev–Trinajstić information content (AvgIpc) is 2.14. The third-order valence-corrected chi connectivity index (χ3v) is 3.33. The van der Waals surface area contributed by atoms with Crippen LogP contribution in [0.2, 0.25) is 0 Å². The summed E-state index contributed by atoms with van der Waals surface area (Å²) in [4.78, 5) is 4.45. The monoisotopic (exact) mass is 277 g/mol. The van der Waals surface area contributed by atoms with Gasteiger partial charge >= 0.3 is 0 Å². The van der Waals surface area contributed by atoms with Crippen LogP contribution in [0.15, 0.2) is 28.9 Å². The number of fused-ring (bicyclic) bond motifs is 1. The van der Waals surface area contributed by atoms with Gasteiger partial charge < -0.3 is 0 Å². The zero-order valence-electron chi connectivity index (χ0n) is 10.1. The number of hydrogen-bond donors (Lipinski definition) is 0. The Morgan fingerprint density at radius 1 is 1.19 bits per heavy atom. The van der Waals surface area contributed by atoms with Gasteiger partial charge in [0.1, 0.15) is 0 Å². The van der Waals surface area contributed by atoms with Crippen LogP contribution in [0, 0.1) is 6.92 Å². The quantitative estimate of drug-likeness (QED) is 0.686. The second-order valence-electron chi connectivity index (χ2n) is 5.25. The van der Waals surface area contributed by atoms with E-state index in [0.717, 1.165) is 9.99 Å². The molecule has 16 heavy (non-hydrogen) atoms. The number of rotatable bonds is 0. The zero-order chi connectivity index (χ0) is 11.9. The molecule has 0 N–H and O–H groups in total. The lowest BCUT2D eigenvalue weighted by Crippen LogP contribution is -2.13. The molecular formula is C14H16BrN. The molecule has 0 atom stereocenters. The largest absolute Gasteiger partial charge is 0.255 e. The van der Waals surface area contributed by atoms with E-state index >= 15 is 0 Å². The second-order valence-corrected chi connectivity index (χ2v) is 6.11. The molecule has 0 aliphatic rings. The van der Waals surface area contributed by atoms with Crippen molar-refractivity contribution in [2.75, 3.05) is 0 Å². The highest BCUT2D eigenvalue weighted by atomic mass is 79.9. The number of aromatic nitrogens is 1. The Morgan fingerprint density at radius 2 is 1.88 bits per heavy atom. The van der Waals surface area contributed by atoms with E-state index in [1.807, 2.05) is 6.20 Å². The smallest absolute Gasteiger partial charge is 0.0705 e. The number of nitrogens with zero attached hydrogens (tertiary/aromatic N) is 1. The fourth-order valence-corrected chi connectivity index (χ4v) is 2.96. The number of aryl methyl sites for hydroxylation is 1. The van der Waals surface area contributed by atoms with Gasteiger partial charge in [0.25, 0.3) is 0 Å². The van der Waals surface area contributed by atoms with Crippen LogP contribution in [-0.4, -0.2) is 4.98 Å². The molecule has 0 unspecified atom stereocenters. The molecule has 0 radical (unpaired) electrons. The van der Waals surface area contributed by atoms with E-state index in [-0.39, 0.29) is 5.41 Å². The van der Waals surface area contributed by atoms with Crippen LogP contribution < -0.4 is 0 Å². The summed E-state index contributed by atoms with van der Waals surface area (Å²) in [7, 11) is 0. The molecule has 84 valence electrons. The number of halogens is 1. The van der Waals surface area contributed by atoms with Crippen LogP contribution in [0.25, 0.3) is 10.9 Å². The van der Waals surface area contributed by atoms with Crippen molar-refractivity contribution in [2.24, 2.45) is 0 Å². The molecule has 0 amide bonds. The van der Waals surface area contributed by atoms with Gasteiger partial charge in [0.05, 0.1) is 5.52 Å². The van der Waals surface area contributed by atoms with E-state index in [1.54, 1.807) is 0 Å². The normalized spacial score (nSPS) is 12.1. The van der Waals surface area contributed by atoms with E-state index in [1.165, 1.54) is 16.5 Å². The minimum atomic E-state index is 0.119. The van der Waals surface area contributed by atoms with E-state index in [4.69, 9.17) is 0 Å². The first-order valence-electron chi connectivity index (χ1n) is 5.45. The van der Waals surface area contributed by atoms with Gasteiger partial charge in [0.15, 0.2) is 0 Å². The predicted molar refractivity (Wildman–Crippen MR) is 72.9 cm³/mol. The highest BCUT2D eigenvalue weighted by Crippen LogP contribution is 2.35. The van der Waals surface area contributed by atoms with Crippen molar-refractivity contribution in [3.8, 4) is 0 Å². The van der Waals surface area contributed by atoms with E-state index in [0.29, 0.717) is 0 Å². The van der Waals surface area contributed by atoms with Gasteiger partial charge in [-0.3, -0.25) is 4.98 Å². The van der Waals surface area contributed by atoms with Crippen LogP contribution in [0.4, 0.5) is 0 Å². The maximum Gasteiger partial charge on any atom is 0.0705 e. The maximum atomic E-state index is 4.45. The Morgan fingerprint density at radius 3 is 2.50 bits per heavy atom. The summed E-state index contributed by atoms with van der Waals surface area (Å²) in [6.45, 7) is 8.81. The molecule has 1 nitrogen and oxygen atoms in total. The third-order valence-electron chi connectivity index (χ3n) is 2.73. The summed E-state index contributed by atoms with van der Waals surface area (Å²) in [5.41, 5.74) is 3.80. The van der Waals surface area contributed by atoms with Crippen molar-refractivity contribution in [1.29, 1.82) is 0 Å². The van der Waals surface area contributed by atoms with Crippen molar-refractivity contribution in [3.05, 3.63) is 40.0 Å². The molecule has 0 fully saturated rings. The van der Waals surface area contributed by atoms with Gasteiger partial charge in [-0.1, -0.05) is 32.4 Å². The third kappa shape index (κ3) is 1.99. The summed E-state index contributed by atoms with van der Waals surface area (Å²) in [6.07, 6.45) is 1.90. The fourth-order valence-electron chi connectivity index (χ4n) is 2.04. The Labute approximate surface area is 105 Å². The van der Waals surface area contributed by atoms with Gasteiger partial charge in [-0.2, -0.15) is 0 Å². The molecule has 2 aromatic rings.